The maximum Gasteiger partial charge on any atom is 0.336 e. The molecule has 1 aromatic heterocycles. The Bertz CT molecular complexity index is 1330. The molecule has 36 heavy (non-hydrogen) atoms. The van der Waals surface area contributed by atoms with Crippen LogP contribution in [0.2, 0.25) is 5.02 Å². The molecule has 0 aliphatic carbocycles. The zero-order chi connectivity index (χ0) is 26.0. The number of nitrogens with zero attached hydrogens (tertiary/aromatic N) is 3. The number of benzene rings is 2. The average Bonchev–Trinajstić information content (AvgIpc) is 3.16. The highest BCUT2D eigenvalue weighted by Gasteiger charge is 2.40. The van der Waals surface area contributed by atoms with E-state index in [-0.39, 0.29) is 13.2 Å². The molecule has 0 amide bonds. The molecule has 0 atom stereocenters. The minimum atomic E-state index is -0.655. The molecule has 0 unspecified atom stereocenters. The molecule has 3 aromatic rings. The predicted octanol–water partition coefficient (Wildman–Crippen LogP) is 5.73. The van der Waals surface area contributed by atoms with Gasteiger partial charge in [0.15, 0.2) is 0 Å². The van der Waals surface area contributed by atoms with Crippen molar-refractivity contribution in [2.24, 2.45) is 0 Å². The Morgan fingerprint density at radius 3 is 2.00 bits per heavy atom. The van der Waals surface area contributed by atoms with Crippen LogP contribution >= 0.6 is 11.6 Å². The van der Waals surface area contributed by atoms with Crippen molar-refractivity contribution in [2.45, 2.75) is 47.2 Å². The number of imidazole rings is 1. The van der Waals surface area contributed by atoms with Crippen LogP contribution in [0.3, 0.4) is 0 Å². The second-order valence-corrected chi connectivity index (χ2v) is 9.01. The Balaban J connectivity index is 1.93. The lowest BCUT2D eigenvalue weighted by Crippen LogP contribution is -2.36. The maximum atomic E-state index is 13.4. The van der Waals surface area contributed by atoms with Crippen LogP contribution in [0.4, 0.5) is 0 Å². The van der Waals surface area contributed by atoms with Crippen LogP contribution in [0.1, 0.15) is 45.0 Å². The van der Waals surface area contributed by atoms with E-state index in [2.05, 4.69) is 9.55 Å². The number of carbonyl (C=O) groups excluding carboxylic acids is 2. The van der Waals surface area contributed by atoms with Gasteiger partial charge in [0.25, 0.3) is 0 Å². The predicted molar refractivity (Wildman–Crippen MR) is 139 cm³/mol. The molecule has 1 aliphatic heterocycles. The molecule has 0 radical (unpaired) electrons. The Morgan fingerprint density at radius 1 is 0.889 bits per heavy atom. The Morgan fingerprint density at radius 2 is 1.44 bits per heavy atom. The average molecular weight is 508 g/mol. The van der Waals surface area contributed by atoms with Gasteiger partial charge in [0.05, 0.1) is 41.3 Å². The van der Waals surface area contributed by atoms with Gasteiger partial charge in [0.2, 0.25) is 0 Å². The van der Waals surface area contributed by atoms with Crippen molar-refractivity contribution in [2.75, 3.05) is 13.2 Å². The fourth-order valence-corrected chi connectivity index (χ4v) is 4.90. The van der Waals surface area contributed by atoms with Gasteiger partial charge in [-0.25, -0.2) is 14.6 Å². The molecule has 0 N–H and O–H groups in total. The molecule has 0 bridgehead atoms. The van der Waals surface area contributed by atoms with Crippen molar-refractivity contribution in [3.05, 3.63) is 87.5 Å². The molecule has 2 aromatic carbocycles. The topological polar surface area (TPSA) is 73.7 Å². The number of allylic oxidation sites excluding steroid dienone is 2. The Labute approximate surface area is 216 Å². The first-order valence-corrected chi connectivity index (χ1v) is 12.4. The molecule has 8 heteroatoms. The first-order valence-electron chi connectivity index (χ1n) is 12.0. The molecule has 2 heterocycles. The smallest absolute Gasteiger partial charge is 0.336 e. The number of para-hydroxylation sites is 2. The van der Waals surface area contributed by atoms with Gasteiger partial charge in [-0.3, -0.25) is 0 Å². The van der Waals surface area contributed by atoms with Crippen molar-refractivity contribution in [1.82, 2.24) is 14.5 Å². The third-order valence-electron chi connectivity index (χ3n) is 6.49. The van der Waals surface area contributed by atoms with Gasteiger partial charge in [0.1, 0.15) is 12.5 Å². The summed E-state index contributed by atoms with van der Waals surface area (Å²) in [4.78, 5) is 33.4. The summed E-state index contributed by atoms with van der Waals surface area (Å²) in [5, 5.41) is 0.565. The van der Waals surface area contributed by atoms with E-state index in [1.165, 1.54) is 0 Å². The van der Waals surface area contributed by atoms with Crippen molar-refractivity contribution in [3.63, 3.8) is 0 Å². The molecule has 1 aliphatic rings. The molecular weight excluding hydrogens is 478 g/mol. The van der Waals surface area contributed by atoms with Crippen molar-refractivity contribution in [1.29, 1.82) is 0 Å². The second kappa shape index (κ2) is 10.6. The number of hydrogen-bond donors (Lipinski definition) is 0. The number of rotatable bonds is 7. The van der Waals surface area contributed by atoms with E-state index in [0.29, 0.717) is 34.2 Å². The summed E-state index contributed by atoms with van der Waals surface area (Å²) in [6.45, 7) is 10.0. The monoisotopic (exact) mass is 507 g/mol. The summed E-state index contributed by atoms with van der Waals surface area (Å²) < 4.78 is 13.0. The number of hydrogen-bond acceptors (Lipinski definition) is 6. The van der Waals surface area contributed by atoms with Gasteiger partial charge >= 0.3 is 11.9 Å². The summed E-state index contributed by atoms with van der Waals surface area (Å²) in [7, 11) is 0. The summed E-state index contributed by atoms with van der Waals surface area (Å²) in [6, 6.07) is 15.0. The van der Waals surface area contributed by atoms with E-state index in [4.69, 9.17) is 21.1 Å². The van der Waals surface area contributed by atoms with E-state index in [9.17, 15) is 9.59 Å². The standard InChI is InChI=1S/C28H30ClN3O4/c1-6-35-27(33)24-17(3)31(16-32-19(5)30-22-10-8-9-11-23(22)32)18(4)25(28(34)36-7-2)26(24)20-12-14-21(29)15-13-20/h8-15,26H,6-7,16H2,1-5H3. The van der Waals surface area contributed by atoms with Crippen molar-refractivity contribution in [3.8, 4) is 0 Å². The van der Waals surface area contributed by atoms with E-state index < -0.39 is 17.9 Å². The molecule has 0 saturated carbocycles. The largest absolute Gasteiger partial charge is 0.463 e. The SMILES string of the molecule is CCOC(=O)C1=C(C)N(Cn2c(C)nc3ccccc32)C(C)=C(C(=O)OCC)C1c1ccc(Cl)cc1. The van der Waals surface area contributed by atoms with Crippen LogP contribution < -0.4 is 0 Å². The minimum absolute atomic E-state index is 0.214. The van der Waals surface area contributed by atoms with Crippen molar-refractivity contribution < 1.29 is 19.1 Å². The lowest BCUT2D eigenvalue weighted by Gasteiger charge is -2.38. The summed E-state index contributed by atoms with van der Waals surface area (Å²) in [5.74, 6) is -0.771. The van der Waals surface area contributed by atoms with Gasteiger partial charge in [-0.2, -0.15) is 0 Å². The van der Waals surface area contributed by atoms with Crippen LogP contribution in [0.5, 0.6) is 0 Å². The van der Waals surface area contributed by atoms with Crippen LogP contribution in [-0.4, -0.2) is 39.6 Å². The zero-order valence-corrected chi connectivity index (χ0v) is 21.9. The highest BCUT2D eigenvalue weighted by atomic mass is 35.5. The number of aromatic nitrogens is 2. The highest BCUT2D eigenvalue weighted by molar-refractivity contribution is 6.30. The van der Waals surface area contributed by atoms with E-state index in [1.54, 1.807) is 26.0 Å². The zero-order valence-electron chi connectivity index (χ0n) is 21.2. The normalized spacial score (nSPS) is 14.6. The fourth-order valence-electron chi connectivity index (χ4n) is 4.77. The van der Waals surface area contributed by atoms with Crippen LogP contribution in [-0.2, 0) is 25.7 Å². The third-order valence-corrected chi connectivity index (χ3v) is 6.74. The Kier molecular flexibility index (Phi) is 7.50. The van der Waals surface area contributed by atoms with Gasteiger partial charge in [-0.05, 0) is 64.4 Å². The number of aryl methyl sites for hydroxylation is 1. The number of fused-ring (bicyclic) bond motifs is 1. The lowest BCUT2D eigenvalue weighted by atomic mass is 9.80. The highest BCUT2D eigenvalue weighted by Crippen LogP contribution is 2.43. The fraction of sp³-hybridized carbons (Fsp3) is 0.321. The van der Waals surface area contributed by atoms with E-state index in [0.717, 1.165) is 22.4 Å². The first-order chi connectivity index (χ1) is 17.3. The van der Waals surface area contributed by atoms with Crippen molar-refractivity contribution >= 4 is 34.6 Å². The molecule has 7 nitrogen and oxygen atoms in total. The van der Waals surface area contributed by atoms with Gasteiger partial charge in [-0.15, -0.1) is 0 Å². The van der Waals surface area contributed by atoms with Crippen LogP contribution in [0.15, 0.2) is 71.1 Å². The van der Waals surface area contributed by atoms with E-state index in [1.807, 2.05) is 62.1 Å². The number of esters is 2. The molecule has 188 valence electrons. The molecule has 0 spiro atoms. The van der Waals surface area contributed by atoms with Crippen LogP contribution in [0, 0.1) is 6.92 Å². The van der Waals surface area contributed by atoms with Gasteiger partial charge in [0, 0.05) is 16.4 Å². The number of ether oxygens (including phenoxy) is 2. The minimum Gasteiger partial charge on any atom is -0.463 e. The van der Waals surface area contributed by atoms with Gasteiger partial charge < -0.3 is 18.9 Å². The third kappa shape index (κ3) is 4.63. The number of halogens is 1. The molecular formula is C28H30ClN3O4. The van der Waals surface area contributed by atoms with E-state index >= 15 is 0 Å². The summed E-state index contributed by atoms with van der Waals surface area (Å²) >= 11 is 6.15. The molecule has 0 fully saturated rings. The molecule has 0 saturated heterocycles. The summed E-state index contributed by atoms with van der Waals surface area (Å²) in [5.41, 5.74) is 4.81. The Hall–Kier alpha value is -3.58. The van der Waals surface area contributed by atoms with Crippen LogP contribution in [0.25, 0.3) is 11.0 Å². The lowest BCUT2D eigenvalue weighted by molar-refractivity contribution is -0.139. The number of carbonyl (C=O) groups is 2. The first kappa shape index (κ1) is 25.5. The van der Waals surface area contributed by atoms with Gasteiger partial charge in [-0.1, -0.05) is 35.9 Å². The maximum absolute atomic E-state index is 13.4. The quantitative estimate of drug-likeness (QED) is 0.380. The second-order valence-electron chi connectivity index (χ2n) is 8.57. The molecule has 4 rings (SSSR count). The summed E-state index contributed by atoms with van der Waals surface area (Å²) in [6.07, 6.45) is 0.